The van der Waals surface area contributed by atoms with E-state index in [4.69, 9.17) is 9.47 Å². The van der Waals surface area contributed by atoms with Gasteiger partial charge in [-0.2, -0.15) is 0 Å². The first kappa shape index (κ1) is 83.7. The summed E-state index contributed by atoms with van der Waals surface area (Å²) in [6, 6.07) is 0. The van der Waals surface area contributed by atoms with Crippen molar-refractivity contribution < 1.29 is 29.3 Å². The van der Waals surface area contributed by atoms with Gasteiger partial charge in [0.2, 0.25) is 0 Å². The Kier molecular flexibility index (Phi) is 70.7. The summed E-state index contributed by atoms with van der Waals surface area (Å²) in [5, 5.41) is 29.4. The van der Waals surface area contributed by atoms with E-state index in [1.807, 2.05) is 0 Å². The zero-order valence-corrected chi connectivity index (χ0v) is 58.0. The second kappa shape index (κ2) is 71.8. The van der Waals surface area contributed by atoms with Crippen molar-refractivity contribution in [2.75, 3.05) is 78.7 Å². The second-order valence-electron chi connectivity index (χ2n) is 26.6. The third kappa shape index (κ3) is 68.5. The van der Waals surface area contributed by atoms with Crippen LogP contribution in [0.15, 0.2) is 0 Å². The fraction of sp³-hybridized carbons (Fsp3) is 0.973. The van der Waals surface area contributed by atoms with Crippen LogP contribution in [0, 0.1) is 0 Å². The van der Waals surface area contributed by atoms with E-state index in [9.17, 15) is 19.8 Å². The van der Waals surface area contributed by atoms with E-state index in [1.165, 1.54) is 289 Å². The van der Waals surface area contributed by atoms with Crippen LogP contribution in [0.25, 0.3) is 0 Å². The minimum absolute atomic E-state index is 0.0979. The van der Waals surface area contributed by atoms with E-state index in [0.29, 0.717) is 65.3 Å². The van der Waals surface area contributed by atoms with Gasteiger partial charge in [0, 0.05) is 39.0 Å². The Morgan fingerprint density at radius 3 is 0.729 bits per heavy atom. The number of rotatable bonds is 74. The van der Waals surface area contributed by atoms with E-state index in [1.54, 1.807) is 0 Å². The summed E-state index contributed by atoms with van der Waals surface area (Å²) in [6.45, 7) is 18.0. The molecule has 0 aliphatic heterocycles. The number of unbranched alkanes of at least 4 members (excludes halogenated alkanes) is 46. The van der Waals surface area contributed by atoms with Gasteiger partial charge in [0.1, 0.15) is 0 Å². The highest BCUT2D eigenvalue weighted by Crippen LogP contribution is 2.17. The zero-order valence-electron chi connectivity index (χ0n) is 58.0. The molecule has 0 radical (unpaired) electrons. The largest absolute Gasteiger partial charge is 0.466 e. The van der Waals surface area contributed by atoms with Gasteiger partial charge in [-0.3, -0.25) is 9.59 Å². The van der Waals surface area contributed by atoms with Crippen LogP contribution in [-0.2, 0) is 19.1 Å². The summed E-state index contributed by atoms with van der Waals surface area (Å²) in [5.74, 6) is -0.197. The fourth-order valence-electron chi connectivity index (χ4n) is 12.2. The summed E-state index contributed by atoms with van der Waals surface area (Å²) in [5.41, 5.74) is 0. The minimum Gasteiger partial charge on any atom is -0.466 e. The Balaban J connectivity index is 4.93. The molecule has 0 fully saturated rings. The number of ether oxygens (including phenoxy) is 2. The maximum Gasteiger partial charge on any atom is 0.305 e. The van der Waals surface area contributed by atoms with Crippen molar-refractivity contribution in [2.24, 2.45) is 0 Å². The van der Waals surface area contributed by atoms with Gasteiger partial charge in [-0.25, -0.2) is 0 Å². The summed E-state index contributed by atoms with van der Waals surface area (Å²) in [7, 11) is 0. The van der Waals surface area contributed by atoms with Crippen molar-refractivity contribution in [3.8, 4) is 0 Å². The molecule has 0 saturated heterocycles. The first-order valence-electron chi connectivity index (χ1n) is 38.4. The zero-order chi connectivity index (χ0) is 61.7. The third-order valence-corrected chi connectivity index (χ3v) is 17.8. The predicted molar refractivity (Wildman–Crippen MR) is 369 cm³/mol. The van der Waals surface area contributed by atoms with Crippen LogP contribution in [0.1, 0.15) is 381 Å². The number of aliphatic hydroxyl groups is 2. The average Bonchev–Trinajstić information content (AvgIpc) is 3.49. The van der Waals surface area contributed by atoms with Crippen LogP contribution >= 0.6 is 0 Å². The second-order valence-corrected chi connectivity index (χ2v) is 26.6. The van der Waals surface area contributed by atoms with Crippen molar-refractivity contribution in [2.45, 2.75) is 393 Å². The molecule has 0 aliphatic carbocycles. The van der Waals surface area contributed by atoms with Crippen LogP contribution in [0.3, 0.4) is 0 Å². The van der Waals surface area contributed by atoms with Gasteiger partial charge in [-0.05, 0) is 90.6 Å². The number of esters is 2. The first-order chi connectivity index (χ1) is 41.9. The molecule has 0 aromatic heterocycles. The smallest absolute Gasteiger partial charge is 0.305 e. The number of aliphatic hydroxyl groups excluding tert-OH is 2. The van der Waals surface area contributed by atoms with E-state index >= 15 is 0 Å². The van der Waals surface area contributed by atoms with Crippen molar-refractivity contribution in [3.63, 3.8) is 0 Å². The Bertz CT molecular complexity index is 1290. The lowest BCUT2D eigenvalue weighted by Gasteiger charge is -2.27. The lowest BCUT2D eigenvalue weighted by atomic mass is 10.0. The third-order valence-electron chi connectivity index (χ3n) is 17.8. The lowest BCUT2D eigenvalue weighted by molar-refractivity contribution is -0.144. The van der Waals surface area contributed by atoms with Crippen LogP contribution in [-0.4, -0.2) is 123 Å². The molecule has 2 atom stereocenters. The van der Waals surface area contributed by atoms with E-state index in [2.05, 4.69) is 48.1 Å². The van der Waals surface area contributed by atoms with E-state index in [-0.39, 0.29) is 11.9 Å². The van der Waals surface area contributed by atoms with Gasteiger partial charge < -0.3 is 40.1 Å². The molecule has 0 heterocycles. The molecule has 0 spiro atoms. The SMILES string of the molecule is CCCCCCCCCCCCCCCOC(=O)CCCNCC(O)CN(CCCCCCCCCCCCCC)CCCCN(CCCCCCCCCCCCCC)CC(O)CNCCCC(=O)OCCCCCCCCCCCCCC. The van der Waals surface area contributed by atoms with Crippen molar-refractivity contribution in [1.29, 1.82) is 0 Å². The fourth-order valence-corrected chi connectivity index (χ4v) is 12.2. The summed E-state index contributed by atoms with van der Waals surface area (Å²) in [6.07, 6.45) is 68.3. The standard InChI is InChI=1S/C75H152N4O6/c1-5-9-13-17-21-25-29-33-37-41-45-49-55-67-85-75(83)59-57-61-77-69-73(81)71-79(63-51-47-43-39-35-31-27-23-19-15-11-7-3)65-53-52-64-78(62-50-46-42-38-34-30-26-22-18-14-10-6-2)70-72(80)68-76-60-56-58-74(82)84-66-54-48-44-40-36-32-28-24-20-16-12-8-4/h72-73,76-77,80-81H,5-71H2,1-4H3. The van der Waals surface area contributed by atoms with Crippen LogP contribution in [0.5, 0.6) is 0 Å². The molecule has 4 N–H and O–H groups in total. The van der Waals surface area contributed by atoms with Gasteiger partial charge in [0.15, 0.2) is 0 Å². The molecular formula is C75H152N4O6. The van der Waals surface area contributed by atoms with Gasteiger partial charge in [-0.1, -0.05) is 317 Å². The van der Waals surface area contributed by atoms with E-state index in [0.717, 1.165) is 77.5 Å². The summed E-state index contributed by atoms with van der Waals surface area (Å²) in [4.78, 5) is 29.9. The molecule has 0 aliphatic rings. The molecule has 0 rings (SSSR count). The average molecular weight is 1210 g/mol. The Hall–Kier alpha value is -1.30. The van der Waals surface area contributed by atoms with Crippen molar-refractivity contribution in [3.05, 3.63) is 0 Å². The van der Waals surface area contributed by atoms with Crippen LogP contribution < -0.4 is 10.6 Å². The highest BCUT2D eigenvalue weighted by atomic mass is 16.5. The molecule has 10 heteroatoms. The van der Waals surface area contributed by atoms with E-state index < -0.39 is 12.2 Å². The first-order valence-corrected chi connectivity index (χ1v) is 38.4. The maximum atomic E-state index is 12.5. The van der Waals surface area contributed by atoms with Crippen molar-refractivity contribution in [1.82, 2.24) is 20.4 Å². The lowest BCUT2D eigenvalue weighted by Crippen LogP contribution is -2.40. The molecule has 2 unspecified atom stereocenters. The van der Waals surface area contributed by atoms with Crippen molar-refractivity contribution >= 4 is 11.9 Å². The molecular weight excluding hydrogens is 1050 g/mol. The van der Waals surface area contributed by atoms with Gasteiger partial charge in [0.05, 0.1) is 25.4 Å². The molecule has 0 aromatic rings. The number of hydrogen-bond donors (Lipinski definition) is 4. The highest BCUT2D eigenvalue weighted by Gasteiger charge is 2.15. The Morgan fingerprint density at radius 1 is 0.294 bits per heavy atom. The molecule has 85 heavy (non-hydrogen) atoms. The highest BCUT2D eigenvalue weighted by molar-refractivity contribution is 5.69. The summed E-state index contributed by atoms with van der Waals surface area (Å²) >= 11 is 0. The number of carbonyl (C=O) groups excluding carboxylic acids is 2. The van der Waals surface area contributed by atoms with Gasteiger partial charge in [0.25, 0.3) is 0 Å². The molecule has 508 valence electrons. The van der Waals surface area contributed by atoms with Crippen LogP contribution in [0.4, 0.5) is 0 Å². The monoisotopic (exact) mass is 1210 g/mol. The maximum absolute atomic E-state index is 12.5. The topological polar surface area (TPSA) is 124 Å². The quantitative estimate of drug-likeness (QED) is 0.0346. The number of carbonyl (C=O) groups is 2. The van der Waals surface area contributed by atoms with Gasteiger partial charge >= 0.3 is 11.9 Å². The predicted octanol–water partition coefficient (Wildman–Crippen LogP) is 20.1. The minimum atomic E-state index is -0.459. The molecule has 10 nitrogen and oxygen atoms in total. The Labute approximate surface area is 531 Å². The summed E-state index contributed by atoms with van der Waals surface area (Å²) < 4.78 is 11.1. The number of nitrogens with zero attached hydrogens (tertiary/aromatic N) is 2. The normalized spacial score (nSPS) is 12.5. The van der Waals surface area contributed by atoms with Crippen LogP contribution in [0.2, 0.25) is 0 Å². The molecule has 0 amide bonds. The number of hydrogen-bond acceptors (Lipinski definition) is 10. The Morgan fingerprint density at radius 2 is 0.494 bits per heavy atom. The molecule has 0 saturated carbocycles. The molecule has 0 aromatic carbocycles. The number of nitrogens with one attached hydrogen (secondary N) is 2. The van der Waals surface area contributed by atoms with Gasteiger partial charge in [-0.15, -0.1) is 0 Å². The molecule has 0 bridgehead atoms.